The Balaban J connectivity index is 1.77. The normalized spacial score (nSPS) is 15.5. The van der Waals surface area contributed by atoms with Crippen LogP contribution in [0.15, 0.2) is 47.4 Å². The van der Waals surface area contributed by atoms with E-state index in [0.29, 0.717) is 5.56 Å². The number of benzene rings is 2. The zero-order valence-electron chi connectivity index (χ0n) is 14.2. The van der Waals surface area contributed by atoms with Gasteiger partial charge in [0.15, 0.2) is 0 Å². The smallest absolute Gasteiger partial charge is 0.338 e. The van der Waals surface area contributed by atoms with Gasteiger partial charge in [-0.3, -0.25) is 0 Å². The van der Waals surface area contributed by atoms with Gasteiger partial charge in [0.2, 0.25) is 10.0 Å². The molecule has 1 heterocycles. The number of rotatable bonds is 5. The zero-order chi connectivity index (χ0) is 19.4. The maximum Gasteiger partial charge on any atom is 0.338 e. The van der Waals surface area contributed by atoms with Crippen molar-refractivity contribution in [2.75, 3.05) is 26.3 Å². The molecule has 27 heavy (non-hydrogen) atoms. The first-order valence-electron chi connectivity index (χ1n) is 8.17. The van der Waals surface area contributed by atoms with Gasteiger partial charge in [0.25, 0.3) is 0 Å². The van der Waals surface area contributed by atoms with Gasteiger partial charge in [0.1, 0.15) is 23.1 Å². The van der Waals surface area contributed by atoms with Crippen LogP contribution in [0.5, 0.6) is 0 Å². The van der Waals surface area contributed by atoms with Crippen LogP contribution in [-0.2, 0) is 26.1 Å². The average molecular weight is 397 g/mol. The summed E-state index contributed by atoms with van der Waals surface area (Å²) < 4.78 is 63.6. The molecule has 6 nitrogen and oxygen atoms in total. The summed E-state index contributed by atoms with van der Waals surface area (Å²) in [6, 6.07) is 8.42. The number of esters is 1. The van der Waals surface area contributed by atoms with Crippen LogP contribution < -0.4 is 0 Å². The highest BCUT2D eigenvalue weighted by Crippen LogP contribution is 2.22. The molecule has 9 heteroatoms. The largest absolute Gasteiger partial charge is 0.457 e. The number of morpholine rings is 1. The molecule has 3 rings (SSSR count). The first kappa shape index (κ1) is 19.4. The van der Waals surface area contributed by atoms with Gasteiger partial charge in [-0.05, 0) is 35.9 Å². The molecule has 0 aromatic heterocycles. The fourth-order valence-corrected chi connectivity index (χ4v) is 4.07. The van der Waals surface area contributed by atoms with Gasteiger partial charge < -0.3 is 9.47 Å². The van der Waals surface area contributed by atoms with E-state index in [-0.39, 0.29) is 38.5 Å². The van der Waals surface area contributed by atoms with Crippen LogP contribution in [0.3, 0.4) is 0 Å². The van der Waals surface area contributed by atoms with Crippen molar-refractivity contribution in [1.82, 2.24) is 4.31 Å². The number of carbonyl (C=O) groups excluding carboxylic acids is 1. The van der Waals surface area contributed by atoms with Gasteiger partial charge in [-0.1, -0.05) is 12.1 Å². The van der Waals surface area contributed by atoms with Crippen molar-refractivity contribution in [3.63, 3.8) is 0 Å². The summed E-state index contributed by atoms with van der Waals surface area (Å²) >= 11 is 0. The third kappa shape index (κ3) is 4.49. The molecule has 0 atom stereocenters. The Morgan fingerprint density at radius 2 is 1.74 bits per heavy atom. The fourth-order valence-electron chi connectivity index (χ4n) is 2.57. The van der Waals surface area contributed by atoms with Gasteiger partial charge in [-0.15, -0.1) is 0 Å². The number of ether oxygens (including phenoxy) is 2. The van der Waals surface area contributed by atoms with Crippen molar-refractivity contribution in [3.05, 3.63) is 65.2 Å². The van der Waals surface area contributed by atoms with E-state index >= 15 is 0 Å². The molecule has 0 bridgehead atoms. The van der Waals surface area contributed by atoms with Gasteiger partial charge in [0.05, 0.1) is 18.8 Å². The monoisotopic (exact) mass is 397 g/mol. The van der Waals surface area contributed by atoms with Crippen LogP contribution in [0.25, 0.3) is 0 Å². The highest BCUT2D eigenvalue weighted by atomic mass is 32.2. The van der Waals surface area contributed by atoms with Crippen LogP contribution in [0, 0.1) is 11.6 Å². The van der Waals surface area contributed by atoms with E-state index in [1.807, 2.05) is 0 Å². The summed E-state index contributed by atoms with van der Waals surface area (Å²) in [4.78, 5) is 11.6. The Kier molecular flexibility index (Phi) is 5.83. The van der Waals surface area contributed by atoms with Crippen LogP contribution in [0.1, 0.15) is 15.9 Å². The SMILES string of the molecule is O=C(OCc1ccc(F)cc1)c1ccc(F)c(S(=O)(=O)N2CCOCC2)c1. The van der Waals surface area contributed by atoms with Crippen LogP contribution >= 0.6 is 0 Å². The molecule has 144 valence electrons. The van der Waals surface area contributed by atoms with Crippen molar-refractivity contribution >= 4 is 16.0 Å². The second-order valence-corrected chi connectivity index (χ2v) is 7.77. The van der Waals surface area contributed by atoms with Crippen LogP contribution in [0.4, 0.5) is 8.78 Å². The lowest BCUT2D eigenvalue weighted by Gasteiger charge is -2.26. The molecule has 2 aromatic rings. The second-order valence-electron chi connectivity index (χ2n) is 5.86. The summed E-state index contributed by atoms with van der Waals surface area (Å²) in [5.41, 5.74) is 0.471. The first-order valence-corrected chi connectivity index (χ1v) is 9.61. The van der Waals surface area contributed by atoms with E-state index in [2.05, 4.69) is 0 Å². The molecule has 0 N–H and O–H groups in total. The van der Waals surface area contributed by atoms with Crippen molar-refractivity contribution < 1.29 is 31.5 Å². The third-order valence-electron chi connectivity index (χ3n) is 4.04. The quantitative estimate of drug-likeness (QED) is 0.725. The van der Waals surface area contributed by atoms with E-state index in [4.69, 9.17) is 9.47 Å². The van der Waals surface area contributed by atoms with E-state index in [9.17, 15) is 22.0 Å². The molecule has 0 radical (unpaired) electrons. The minimum absolute atomic E-state index is 0.0923. The molecule has 2 aromatic carbocycles. The maximum absolute atomic E-state index is 14.1. The number of hydrogen-bond donors (Lipinski definition) is 0. The molecule has 1 saturated heterocycles. The Bertz CT molecular complexity index is 925. The number of hydrogen-bond acceptors (Lipinski definition) is 5. The third-order valence-corrected chi connectivity index (χ3v) is 5.95. The summed E-state index contributed by atoms with van der Waals surface area (Å²) in [6.07, 6.45) is 0. The van der Waals surface area contributed by atoms with Crippen molar-refractivity contribution in [1.29, 1.82) is 0 Å². The molecule has 0 spiro atoms. The molecule has 1 aliphatic heterocycles. The van der Waals surface area contributed by atoms with Crippen molar-refractivity contribution in [3.8, 4) is 0 Å². The molecule has 1 aliphatic rings. The van der Waals surface area contributed by atoms with Crippen molar-refractivity contribution in [2.45, 2.75) is 11.5 Å². The fraction of sp³-hybridized carbons (Fsp3) is 0.278. The lowest BCUT2D eigenvalue weighted by atomic mass is 10.2. The van der Waals surface area contributed by atoms with Gasteiger partial charge in [-0.2, -0.15) is 4.31 Å². The number of halogens is 2. The molecular formula is C18H17F2NO5S. The molecule has 1 fully saturated rings. The van der Waals surface area contributed by atoms with Crippen LogP contribution in [0.2, 0.25) is 0 Å². The maximum atomic E-state index is 14.1. The molecule has 0 aliphatic carbocycles. The topological polar surface area (TPSA) is 72.9 Å². The lowest BCUT2D eigenvalue weighted by molar-refractivity contribution is 0.0472. The standard InChI is InChI=1S/C18H17F2NO5S/c19-15-4-1-13(2-5-15)12-26-18(22)14-3-6-16(20)17(11-14)27(23,24)21-7-9-25-10-8-21/h1-6,11H,7-10,12H2. The minimum Gasteiger partial charge on any atom is -0.457 e. The summed E-state index contributed by atoms with van der Waals surface area (Å²) in [5.74, 6) is -2.17. The number of sulfonamides is 1. The predicted octanol–water partition coefficient (Wildman–Crippen LogP) is 2.34. The van der Waals surface area contributed by atoms with Gasteiger partial charge in [0, 0.05) is 13.1 Å². The second kappa shape index (κ2) is 8.12. The zero-order valence-corrected chi connectivity index (χ0v) is 15.0. The summed E-state index contributed by atoms with van der Waals surface area (Å²) in [7, 11) is -4.09. The number of carbonyl (C=O) groups is 1. The van der Waals surface area contributed by atoms with E-state index < -0.39 is 32.5 Å². The predicted molar refractivity (Wildman–Crippen MR) is 91.5 cm³/mol. The van der Waals surface area contributed by atoms with Crippen molar-refractivity contribution in [2.24, 2.45) is 0 Å². The van der Waals surface area contributed by atoms with Gasteiger partial charge >= 0.3 is 5.97 Å². The van der Waals surface area contributed by atoms with E-state index in [1.54, 1.807) is 0 Å². The summed E-state index contributed by atoms with van der Waals surface area (Å²) in [6.45, 7) is 0.546. The Morgan fingerprint density at radius 1 is 1.07 bits per heavy atom. The highest BCUT2D eigenvalue weighted by Gasteiger charge is 2.30. The molecule has 0 unspecified atom stereocenters. The number of nitrogens with zero attached hydrogens (tertiary/aromatic N) is 1. The van der Waals surface area contributed by atoms with Crippen LogP contribution in [-0.4, -0.2) is 45.0 Å². The Morgan fingerprint density at radius 3 is 2.41 bits per heavy atom. The Labute approximate surface area is 155 Å². The minimum atomic E-state index is -4.09. The molecule has 0 amide bonds. The van der Waals surface area contributed by atoms with E-state index in [0.717, 1.165) is 22.5 Å². The van der Waals surface area contributed by atoms with Gasteiger partial charge in [-0.25, -0.2) is 22.0 Å². The summed E-state index contributed by atoms with van der Waals surface area (Å²) in [5, 5.41) is 0. The highest BCUT2D eigenvalue weighted by molar-refractivity contribution is 7.89. The average Bonchev–Trinajstić information content (AvgIpc) is 2.68. The molecular weight excluding hydrogens is 380 g/mol. The Hall–Kier alpha value is -2.36. The molecule has 0 saturated carbocycles. The lowest BCUT2D eigenvalue weighted by Crippen LogP contribution is -2.41. The first-order chi connectivity index (χ1) is 12.9. The van der Waals surface area contributed by atoms with E-state index in [1.165, 1.54) is 24.3 Å².